The summed E-state index contributed by atoms with van der Waals surface area (Å²) in [6, 6.07) is 6.45. The van der Waals surface area contributed by atoms with Crippen LogP contribution in [-0.4, -0.2) is 25.9 Å². The Morgan fingerprint density at radius 2 is 2.32 bits per heavy atom. The fourth-order valence-electron chi connectivity index (χ4n) is 2.54. The second-order valence-corrected chi connectivity index (χ2v) is 5.56. The van der Waals surface area contributed by atoms with Crippen molar-refractivity contribution in [1.29, 1.82) is 0 Å². The van der Waals surface area contributed by atoms with Crippen molar-refractivity contribution in [3.05, 3.63) is 28.2 Å². The van der Waals surface area contributed by atoms with Gasteiger partial charge in [0, 0.05) is 11.1 Å². The second-order valence-electron chi connectivity index (χ2n) is 4.70. The van der Waals surface area contributed by atoms with E-state index in [1.165, 1.54) is 5.56 Å². The van der Waals surface area contributed by atoms with Gasteiger partial charge in [0.1, 0.15) is 5.75 Å². The van der Waals surface area contributed by atoms with Crippen molar-refractivity contribution in [2.45, 2.75) is 38.8 Å². The van der Waals surface area contributed by atoms with Crippen LogP contribution in [0.2, 0.25) is 0 Å². The van der Waals surface area contributed by atoms with Crippen molar-refractivity contribution in [3.63, 3.8) is 0 Å². The molecule has 2 rings (SSSR count). The lowest BCUT2D eigenvalue weighted by Gasteiger charge is -2.25. The Kier molecular flexibility index (Phi) is 5.67. The third-order valence-electron chi connectivity index (χ3n) is 3.38. The maximum Gasteiger partial charge on any atom is 0.120 e. The minimum absolute atomic E-state index is 0.248. The third-order valence-corrected chi connectivity index (χ3v) is 4.07. The lowest BCUT2D eigenvalue weighted by atomic mass is 9.99. The van der Waals surface area contributed by atoms with Gasteiger partial charge in [0.05, 0.1) is 18.8 Å². The Hall–Kier alpha value is -0.580. The van der Waals surface area contributed by atoms with Crippen LogP contribution in [0.5, 0.6) is 5.75 Å². The molecule has 2 atom stereocenters. The number of ether oxygens (including phenoxy) is 2. The summed E-state index contributed by atoms with van der Waals surface area (Å²) in [5, 5.41) is 3.54. The lowest BCUT2D eigenvalue weighted by molar-refractivity contribution is 0.0786. The van der Waals surface area contributed by atoms with E-state index in [1.807, 2.05) is 19.1 Å². The van der Waals surface area contributed by atoms with Gasteiger partial charge in [-0.15, -0.1) is 0 Å². The van der Waals surface area contributed by atoms with Gasteiger partial charge >= 0.3 is 0 Å². The van der Waals surface area contributed by atoms with Gasteiger partial charge in [-0.05, 0) is 44.0 Å². The summed E-state index contributed by atoms with van der Waals surface area (Å²) >= 11 is 3.66. The summed E-state index contributed by atoms with van der Waals surface area (Å²) in [6.45, 7) is 6.62. The summed E-state index contributed by atoms with van der Waals surface area (Å²) in [7, 11) is 0. The Balaban J connectivity index is 2.20. The smallest absolute Gasteiger partial charge is 0.120 e. The first-order chi connectivity index (χ1) is 9.26. The molecule has 0 aromatic heterocycles. The number of hydrogen-bond donors (Lipinski definition) is 1. The molecule has 0 radical (unpaired) electrons. The van der Waals surface area contributed by atoms with Crippen molar-refractivity contribution >= 4 is 15.9 Å². The highest BCUT2D eigenvalue weighted by Crippen LogP contribution is 2.33. The molecule has 1 aliphatic rings. The molecule has 1 aliphatic heterocycles. The zero-order valence-corrected chi connectivity index (χ0v) is 13.2. The van der Waals surface area contributed by atoms with Gasteiger partial charge < -0.3 is 14.8 Å². The molecule has 0 amide bonds. The standard InChI is InChI=1S/C15H22BrNO2/c1-3-17-15(14-6-5-9-19-14)12-8-7-11(18-4-2)10-13(12)16/h7-8,10,14-15,17H,3-6,9H2,1-2H3. The van der Waals surface area contributed by atoms with Gasteiger partial charge in [-0.3, -0.25) is 0 Å². The van der Waals surface area contributed by atoms with E-state index in [-0.39, 0.29) is 12.1 Å². The number of rotatable bonds is 6. The summed E-state index contributed by atoms with van der Waals surface area (Å²) in [5.74, 6) is 0.903. The molecule has 1 saturated heterocycles. The molecule has 1 aromatic rings. The van der Waals surface area contributed by atoms with Crippen LogP contribution in [0.15, 0.2) is 22.7 Å². The monoisotopic (exact) mass is 327 g/mol. The normalized spacial score (nSPS) is 20.5. The fourth-order valence-corrected chi connectivity index (χ4v) is 3.15. The topological polar surface area (TPSA) is 30.5 Å². The van der Waals surface area contributed by atoms with Crippen molar-refractivity contribution < 1.29 is 9.47 Å². The molecule has 1 N–H and O–H groups in total. The molecule has 0 saturated carbocycles. The largest absolute Gasteiger partial charge is 0.494 e. The lowest BCUT2D eigenvalue weighted by Crippen LogP contribution is -2.31. The second kappa shape index (κ2) is 7.27. The van der Waals surface area contributed by atoms with Gasteiger partial charge in [0.2, 0.25) is 0 Å². The fraction of sp³-hybridized carbons (Fsp3) is 0.600. The molecule has 0 bridgehead atoms. The molecule has 1 aromatic carbocycles. The molecule has 2 unspecified atom stereocenters. The Morgan fingerprint density at radius 3 is 2.89 bits per heavy atom. The van der Waals surface area contributed by atoms with Gasteiger partial charge in [0.15, 0.2) is 0 Å². The van der Waals surface area contributed by atoms with Gasteiger partial charge in [0.25, 0.3) is 0 Å². The first-order valence-electron chi connectivity index (χ1n) is 7.03. The highest BCUT2D eigenvalue weighted by Gasteiger charge is 2.28. The molecule has 106 valence electrons. The first kappa shape index (κ1) is 14.8. The maximum absolute atomic E-state index is 5.84. The number of halogens is 1. The first-order valence-corrected chi connectivity index (χ1v) is 7.82. The predicted molar refractivity (Wildman–Crippen MR) is 80.7 cm³/mol. The molecule has 4 heteroatoms. The SMILES string of the molecule is CCNC(c1ccc(OCC)cc1Br)C1CCCO1. The van der Waals surface area contributed by atoms with Gasteiger partial charge in [-0.2, -0.15) is 0 Å². The Morgan fingerprint density at radius 1 is 1.47 bits per heavy atom. The number of nitrogens with one attached hydrogen (secondary N) is 1. The minimum Gasteiger partial charge on any atom is -0.494 e. The summed E-state index contributed by atoms with van der Waals surface area (Å²) in [4.78, 5) is 0. The van der Waals surface area contributed by atoms with E-state index in [2.05, 4.69) is 34.2 Å². The average molecular weight is 328 g/mol. The zero-order valence-electron chi connectivity index (χ0n) is 11.6. The van der Waals surface area contributed by atoms with Crippen molar-refractivity contribution in [2.75, 3.05) is 19.8 Å². The van der Waals surface area contributed by atoms with Crippen LogP contribution in [0.1, 0.15) is 38.3 Å². The molecular weight excluding hydrogens is 306 g/mol. The van der Waals surface area contributed by atoms with E-state index in [9.17, 15) is 0 Å². The summed E-state index contributed by atoms with van der Waals surface area (Å²) in [5.41, 5.74) is 1.25. The molecule has 1 fully saturated rings. The van der Waals surface area contributed by atoms with Crippen molar-refractivity contribution in [3.8, 4) is 5.75 Å². The average Bonchev–Trinajstić information content (AvgIpc) is 2.91. The van der Waals surface area contributed by atoms with Gasteiger partial charge in [-0.25, -0.2) is 0 Å². The highest BCUT2D eigenvalue weighted by molar-refractivity contribution is 9.10. The molecule has 0 spiro atoms. The zero-order chi connectivity index (χ0) is 13.7. The van der Waals surface area contributed by atoms with Crippen LogP contribution in [0, 0.1) is 0 Å². The summed E-state index contributed by atoms with van der Waals surface area (Å²) < 4.78 is 12.4. The minimum atomic E-state index is 0.248. The van der Waals surface area contributed by atoms with Gasteiger partial charge in [-0.1, -0.05) is 28.9 Å². The van der Waals surface area contributed by atoms with E-state index in [0.29, 0.717) is 6.61 Å². The van der Waals surface area contributed by atoms with E-state index >= 15 is 0 Å². The van der Waals surface area contributed by atoms with E-state index in [0.717, 1.165) is 36.2 Å². The van der Waals surface area contributed by atoms with Crippen LogP contribution in [0.3, 0.4) is 0 Å². The Labute approximate surface area is 123 Å². The van der Waals surface area contributed by atoms with Crippen LogP contribution < -0.4 is 10.1 Å². The van der Waals surface area contributed by atoms with Crippen molar-refractivity contribution in [2.24, 2.45) is 0 Å². The number of likely N-dealkylation sites (N-methyl/N-ethyl adjacent to an activating group) is 1. The van der Waals surface area contributed by atoms with Crippen LogP contribution in [-0.2, 0) is 4.74 Å². The van der Waals surface area contributed by atoms with Crippen molar-refractivity contribution in [1.82, 2.24) is 5.32 Å². The van der Waals surface area contributed by atoms with E-state index in [4.69, 9.17) is 9.47 Å². The Bertz CT molecular complexity index is 405. The molecule has 3 nitrogen and oxygen atoms in total. The third kappa shape index (κ3) is 3.71. The van der Waals surface area contributed by atoms with Crippen LogP contribution in [0.25, 0.3) is 0 Å². The molecule has 19 heavy (non-hydrogen) atoms. The molecule has 1 heterocycles. The highest BCUT2D eigenvalue weighted by atomic mass is 79.9. The van der Waals surface area contributed by atoms with Crippen LogP contribution in [0.4, 0.5) is 0 Å². The maximum atomic E-state index is 5.84. The van der Waals surface area contributed by atoms with E-state index in [1.54, 1.807) is 0 Å². The number of hydrogen-bond acceptors (Lipinski definition) is 3. The quantitative estimate of drug-likeness (QED) is 0.864. The van der Waals surface area contributed by atoms with E-state index < -0.39 is 0 Å². The molecular formula is C15H22BrNO2. The summed E-state index contributed by atoms with van der Waals surface area (Å²) in [6.07, 6.45) is 2.55. The van der Waals surface area contributed by atoms with Crippen LogP contribution >= 0.6 is 15.9 Å². The predicted octanol–water partition coefficient (Wildman–Crippen LogP) is 3.68. The number of benzene rings is 1. The molecule has 0 aliphatic carbocycles.